The van der Waals surface area contributed by atoms with E-state index in [2.05, 4.69) is 152 Å². The van der Waals surface area contributed by atoms with E-state index < -0.39 is 0 Å². The molecule has 236 valence electrons. The van der Waals surface area contributed by atoms with Crippen molar-refractivity contribution in [3.8, 4) is 33.8 Å². The summed E-state index contributed by atoms with van der Waals surface area (Å²) < 4.78 is 0. The average molecular weight is 640 g/mol. The summed E-state index contributed by atoms with van der Waals surface area (Å²) in [5.74, 6) is 1.07. The Bertz CT molecular complexity index is 2700. The number of rotatable bonds is 3. The van der Waals surface area contributed by atoms with Crippen LogP contribution in [0.25, 0.3) is 55.4 Å². The molecule has 3 nitrogen and oxygen atoms in total. The molecule has 0 radical (unpaired) electrons. The zero-order chi connectivity index (χ0) is 33.1. The SMILES string of the molecule is CC1(C)c2cc(-c3nc(-c4ccccc4)nc4ccccc34)ccc2-c2ccc(N3c4ccccc4C4c5cccc6cccc(c56)C43)cc21. The highest BCUT2D eigenvalue weighted by atomic mass is 15.2. The molecule has 2 heterocycles. The molecule has 7 aromatic carbocycles. The molecule has 0 fully saturated rings. The lowest BCUT2D eigenvalue weighted by molar-refractivity contribution is 0.657. The van der Waals surface area contributed by atoms with Gasteiger partial charge in [0, 0.05) is 39.2 Å². The summed E-state index contributed by atoms with van der Waals surface area (Å²) in [6, 6.07) is 55.7. The summed E-state index contributed by atoms with van der Waals surface area (Å²) >= 11 is 0. The molecule has 0 bridgehead atoms. The Kier molecular flexibility index (Phi) is 5.57. The minimum absolute atomic E-state index is 0.195. The Hall–Kier alpha value is -6.06. The van der Waals surface area contributed by atoms with Gasteiger partial charge in [0.1, 0.15) is 0 Å². The summed E-state index contributed by atoms with van der Waals surface area (Å²) in [5, 5.41) is 3.83. The molecule has 2 unspecified atom stereocenters. The van der Waals surface area contributed by atoms with E-state index in [0.29, 0.717) is 5.92 Å². The largest absolute Gasteiger partial charge is 0.333 e. The van der Waals surface area contributed by atoms with E-state index in [1.54, 1.807) is 0 Å². The first-order chi connectivity index (χ1) is 24.6. The molecular weight excluding hydrogens is 607 g/mol. The molecule has 50 heavy (non-hydrogen) atoms. The predicted molar refractivity (Wildman–Crippen MR) is 205 cm³/mol. The smallest absolute Gasteiger partial charge is 0.160 e. The Balaban J connectivity index is 1.05. The van der Waals surface area contributed by atoms with E-state index in [4.69, 9.17) is 9.97 Å². The minimum Gasteiger partial charge on any atom is -0.333 e. The summed E-state index contributed by atoms with van der Waals surface area (Å²) in [6.07, 6.45) is 0. The molecule has 1 aromatic heterocycles. The maximum atomic E-state index is 5.20. The van der Waals surface area contributed by atoms with E-state index in [0.717, 1.165) is 33.5 Å². The number of fused-ring (bicyclic) bond motifs is 9. The second-order valence-electron chi connectivity index (χ2n) is 14.5. The van der Waals surface area contributed by atoms with Crippen LogP contribution in [0.15, 0.2) is 152 Å². The minimum atomic E-state index is -0.195. The number of anilines is 2. The van der Waals surface area contributed by atoms with Gasteiger partial charge in [0.25, 0.3) is 0 Å². The molecule has 0 N–H and O–H groups in total. The van der Waals surface area contributed by atoms with Crippen LogP contribution in [0.5, 0.6) is 0 Å². The van der Waals surface area contributed by atoms with Crippen LogP contribution in [0.3, 0.4) is 0 Å². The molecule has 3 aliphatic rings. The van der Waals surface area contributed by atoms with Crippen molar-refractivity contribution in [2.45, 2.75) is 31.2 Å². The van der Waals surface area contributed by atoms with Crippen molar-refractivity contribution in [3.05, 3.63) is 179 Å². The molecule has 1 aliphatic heterocycles. The van der Waals surface area contributed by atoms with Gasteiger partial charge in [0.15, 0.2) is 5.82 Å². The highest BCUT2D eigenvalue weighted by Gasteiger charge is 2.47. The fourth-order valence-electron chi connectivity index (χ4n) is 9.34. The zero-order valence-electron chi connectivity index (χ0n) is 27.9. The van der Waals surface area contributed by atoms with Gasteiger partial charge in [-0.05, 0) is 80.0 Å². The van der Waals surface area contributed by atoms with E-state index in [-0.39, 0.29) is 11.5 Å². The predicted octanol–water partition coefficient (Wildman–Crippen LogP) is 11.8. The molecule has 0 spiro atoms. The molecule has 0 saturated heterocycles. The van der Waals surface area contributed by atoms with Gasteiger partial charge in [0.2, 0.25) is 0 Å². The van der Waals surface area contributed by atoms with Crippen molar-refractivity contribution < 1.29 is 0 Å². The van der Waals surface area contributed by atoms with E-state index >= 15 is 0 Å². The first kappa shape index (κ1) is 27.8. The van der Waals surface area contributed by atoms with Crippen LogP contribution >= 0.6 is 0 Å². The van der Waals surface area contributed by atoms with Crippen molar-refractivity contribution >= 4 is 33.1 Å². The Labute approximate surface area is 291 Å². The summed E-state index contributed by atoms with van der Waals surface area (Å²) in [6.45, 7) is 4.76. The van der Waals surface area contributed by atoms with Gasteiger partial charge in [-0.25, -0.2) is 9.97 Å². The summed E-state index contributed by atoms with van der Waals surface area (Å²) in [5.41, 5.74) is 16.1. The van der Waals surface area contributed by atoms with Crippen molar-refractivity contribution in [2.24, 2.45) is 0 Å². The van der Waals surface area contributed by atoms with E-state index in [1.807, 2.05) is 18.2 Å². The van der Waals surface area contributed by atoms with E-state index in [9.17, 15) is 0 Å². The Morgan fingerprint density at radius 1 is 0.560 bits per heavy atom. The topological polar surface area (TPSA) is 29.0 Å². The lowest BCUT2D eigenvalue weighted by atomic mass is 9.81. The van der Waals surface area contributed by atoms with Crippen molar-refractivity contribution in [3.63, 3.8) is 0 Å². The fourth-order valence-corrected chi connectivity index (χ4v) is 9.34. The maximum absolute atomic E-state index is 5.20. The maximum Gasteiger partial charge on any atom is 0.160 e. The van der Waals surface area contributed by atoms with Crippen LogP contribution < -0.4 is 4.90 Å². The van der Waals surface area contributed by atoms with Crippen molar-refractivity contribution in [1.82, 2.24) is 9.97 Å². The van der Waals surface area contributed by atoms with Crippen molar-refractivity contribution in [1.29, 1.82) is 0 Å². The average Bonchev–Trinajstić information content (AvgIpc) is 3.76. The molecule has 11 rings (SSSR count). The third kappa shape index (κ3) is 3.69. The number of hydrogen-bond donors (Lipinski definition) is 0. The molecule has 8 aromatic rings. The van der Waals surface area contributed by atoms with Crippen LogP contribution in [0, 0.1) is 0 Å². The number of benzene rings is 7. The molecule has 0 saturated carbocycles. The first-order valence-corrected chi connectivity index (χ1v) is 17.6. The molecule has 2 atom stereocenters. The van der Waals surface area contributed by atoms with Gasteiger partial charge in [0.05, 0.1) is 17.3 Å². The number of para-hydroxylation sites is 2. The van der Waals surface area contributed by atoms with Gasteiger partial charge in [-0.3, -0.25) is 0 Å². The van der Waals surface area contributed by atoms with Crippen LogP contribution in [0.1, 0.15) is 53.6 Å². The monoisotopic (exact) mass is 639 g/mol. The Morgan fingerprint density at radius 3 is 2.12 bits per heavy atom. The quantitative estimate of drug-likeness (QED) is 0.193. The highest BCUT2D eigenvalue weighted by Crippen LogP contribution is 2.61. The number of hydrogen-bond acceptors (Lipinski definition) is 3. The molecule has 2 aliphatic carbocycles. The van der Waals surface area contributed by atoms with Gasteiger partial charge in [-0.15, -0.1) is 0 Å². The van der Waals surface area contributed by atoms with E-state index in [1.165, 1.54) is 61.1 Å². The van der Waals surface area contributed by atoms with Gasteiger partial charge in [-0.2, -0.15) is 0 Å². The van der Waals surface area contributed by atoms with Crippen LogP contribution in [0.4, 0.5) is 11.4 Å². The van der Waals surface area contributed by atoms with Crippen LogP contribution in [0.2, 0.25) is 0 Å². The number of nitrogens with zero attached hydrogens (tertiary/aromatic N) is 3. The normalized spacial score (nSPS) is 17.5. The third-order valence-electron chi connectivity index (χ3n) is 11.6. The van der Waals surface area contributed by atoms with Crippen LogP contribution in [-0.2, 0) is 5.41 Å². The van der Waals surface area contributed by atoms with Crippen LogP contribution in [-0.4, -0.2) is 9.97 Å². The molecule has 0 amide bonds. The van der Waals surface area contributed by atoms with Crippen molar-refractivity contribution in [2.75, 3.05) is 4.90 Å². The number of aromatic nitrogens is 2. The standard InChI is InChI=1S/C47H33N3/c1-47(2)38-26-30(44-34-16-6-8-20-40(34)48-46(49-44)29-12-4-3-5-13-29)22-24-32(38)33-25-23-31(27-39(33)47)50-41-21-9-7-17-35(41)43-36-18-10-14-28-15-11-19-37(42(28)36)45(43)50/h3-27,43,45H,1-2H3. The summed E-state index contributed by atoms with van der Waals surface area (Å²) in [4.78, 5) is 12.8. The lowest BCUT2D eigenvalue weighted by Gasteiger charge is -2.30. The zero-order valence-corrected chi connectivity index (χ0v) is 27.9. The lowest BCUT2D eigenvalue weighted by Crippen LogP contribution is -2.21. The van der Waals surface area contributed by atoms with Gasteiger partial charge >= 0.3 is 0 Å². The molecular formula is C47H33N3. The fraction of sp³-hybridized carbons (Fsp3) is 0.106. The van der Waals surface area contributed by atoms with Gasteiger partial charge in [-0.1, -0.05) is 135 Å². The first-order valence-electron chi connectivity index (χ1n) is 17.6. The second kappa shape index (κ2) is 9.99. The third-order valence-corrected chi connectivity index (χ3v) is 11.6. The second-order valence-corrected chi connectivity index (χ2v) is 14.5. The summed E-state index contributed by atoms with van der Waals surface area (Å²) in [7, 11) is 0. The highest BCUT2D eigenvalue weighted by molar-refractivity contribution is 5.98. The Morgan fingerprint density at radius 2 is 1.26 bits per heavy atom. The molecule has 3 heteroatoms. The van der Waals surface area contributed by atoms with Gasteiger partial charge < -0.3 is 4.90 Å².